The number of ether oxygens (including phenoxy) is 4. The number of allylic oxidation sites excluding steroid dienone is 4. The van der Waals surface area contributed by atoms with Crippen LogP contribution in [0.5, 0.6) is 0 Å². The number of hydrogen-bond acceptors (Lipinski definition) is 9. The normalized spacial score (nSPS) is 47.9. The van der Waals surface area contributed by atoms with E-state index in [4.69, 9.17) is 18.9 Å². The molecule has 0 radical (unpaired) electrons. The average molecular weight is 572 g/mol. The zero-order valence-corrected chi connectivity index (χ0v) is 24.8. The quantitative estimate of drug-likeness (QED) is 0.182. The summed E-state index contributed by atoms with van der Waals surface area (Å²) in [4.78, 5) is 13.9. The molecule has 9 nitrogen and oxygen atoms in total. The Morgan fingerprint density at radius 1 is 1.15 bits per heavy atom. The van der Waals surface area contributed by atoms with E-state index in [0.717, 1.165) is 6.42 Å². The van der Waals surface area contributed by atoms with Gasteiger partial charge in [-0.3, -0.25) is 4.79 Å². The molecule has 226 valence electrons. The highest BCUT2D eigenvalue weighted by molar-refractivity contribution is 6.06. The number of hydrogen-bond donors (Lipinski definition) is 3. The monoisotopic (exact) mass is 571 g/mol. The number of fused-ring (bicyclic) bond motifs is 2. The lowest BCUT2D eigenvalue weighted by Gasteiger charge is -2.52. The Labute approximate surface area is 242 Å². The fourth-order valence-corrected chi connectivity index (χ4v) is 7.22. The molecule has 0 aromatic heterocycles. The Morgan fingerprint density at radius 3 is 2.66 bits per heavy atom. The molecule has 3 N–H and O–H groups in total. The van der Waals surface area contributed by atoms with Crippen molar-refractivity contribution in [2.45, 2.75) is 121 Å². The molecule has 0 saturated carbocycles. The first kappa shape index (κ1) is 30.2. The van der Waals surface area contributed by atoms with E-state index in [1.54, 1.807) is 26.0 Å². The van der Waals surface area contributed by atoms with Gasteiger partial charge in [-0.25, -0.2) is 0 Å². The van der Waals surface area contributed by atoms with Gasteiger partial charge >= 0.3 is 5.97 Å². The summed E-state index contributed by atoms with van der Waals surface area (Å²) in [6.07, 6.45) is 11.4. The van der Waals surface area contributed by atoms with Crippen LogP contribution in [0.25, 0.3) is 0 Å². The molecule has 3 saturated heterocycles. The number of aliphatic hydroxyl groups is 2. The SMILES string of the molecule is CC[C@H]1O[C@]2(CC[C@@]1(C)O)C[C@@H]1C[C@@H](C/C=C(\C)C[C@@H](C)/C=C/C=C3\CO[C@@H]4/C(=N\O)C(C)=C[C@@H](C(=O)O1)[C@]34O)O2. The Bertz CT molecular complexity index is 1180. The van der Waals surface area contributed by atoms with E-state index in [9.17, 15) is 20.2 Å². The third kappa shape index (κ3) is 5.71. The van der Waals surface area contributed by atoms with Crippen molar-refractivity contribution in [3.63, 3.8) is 0 Å². The van der Waals surface area contributed by atoms with Gasteiger partial charge in [-0.2, -0.15) is 0 Å². The maximum absolute atomic E-state index is 13.9. The van der Waals surface area contributed by atoms with Crippen molar-refractivity contribution in [3.8, 4) is 0 Å². The molecule has 5 rings (SSSR count). The van der Waals surface area contributed by atoms with Crippen LogP contribution in [0.4, 0.5) is 0 Å². The zero-order valence-electron chi connectivity index (χ0n) is 24.8. The average Bonchev–Trinajstić information content (AvgIpc) is 3.24. The van der Waals surface area contributed by atoms with Crippen LogP contribution in [0.2, 0.25) is 0 Å². The minimum absolute atomic E-state index is 0.0946. The van der Waals surface area contributed by atoms with E-state index in [0.29, 0.717) is 49.7 Å². The molecule has 0 aromatic rings. The second-order valence-electron chi connectivity index (χ2n) is 12.9. The van der Waals surface area contributed by atoms with E-state index in [2.05, 4.69) is 31.2 Å². The Balaban J connectivity index is 1.53. The van der Waals surface area contributed by atoms with Crippen molar-refractivity contribution in [1.82, 2.24) is 0 Å². The highest BCUT2D eigenvalue weighted by atomic mass is 16.7. The Hall–Kier alpha value is -2.30. The van der Waals surface area contributed by atoms with Gasteiger partial charge < -0.3 is 34.4 Å². The van der Waals surface area contributed by atoms with Crippen molar-refractivity contribution in [3.05, 3.63) is 47.1 Å². The summed E-state index contributed by atoms with van der Waals surface area (Å²) in [5.41, 5.74) is -0.204. The first-order valence-corrected chi connectivity index (χ1v) is 15.0. The van der Waals surface area contributed by atoms with Crippen LogP contribution in [0, 0.1) is 11.8 Å². The minimum atomic E-state index is -1.76. The molecule has 1 spiro atoms. The number of nitrogens with zero attached hydrogens (tertiary/aromatic N) is 1. The molecule has 3 fully saturated rings. The molecule has 1 aliphatic carbocycles. The van der Waals surface area contributed by atoms with Crippen molar-refractivity contribution in [1.29, 1.82) is 0 Å². The van der Waals surface area contributed by atoms with Gasteiger partial charge in [-0.1, -0.05) is 55.0 Å². The van der Waals surface area contributed by atoms with E-state index in [-0.39, 0.29) is 24.3 Å². The van der Waals surface area contributed by atoms with E-state index in [1.165, 1.54) is 5.57 Å². The number of carbonyl (C=O) groups excluding carboxylic acids is 1. The van der Waals surface area contributed by atoms with Crippen LogP contribution in [0.3, 0.4) is 0 Å². The van der Waals surface area contributed by atoms with Crippen molar-refractivity contribution in [2.24, 2.45) is 17.0 Å². The summed E-state index contributed by atoms with van der Waals surface area (Å²) in [5, 5.41) is 36.2. The molecule has 0 amide bonds. The number of rotatable bonds is 1. The molecule has 5 aliphatic rings. The molecular weight excluding hydrogens is 526 g/mol. The number of oxime groups is 1. The highest BCUT2D eigenvalue weighted by Gasteiger charge is 2.60. The standard InChI is InChI=1S/C32H45NO8/c1-6-26-30(5,35)12-13-31(41-26)17-24-16-23(40-31)11-10-20(3)14-19(2)8-7-9-22-18-38-28-27(33-37)21(4)15-25(29(34)39-24)32(22,28)36/h7-10,15,19,23-26,28,35-37H,6,11-14,16-18H2,1-5H3/b8-7+,20-10+,22-9+,33-27-/t19-,23+,24-,25-,26+,28+,30+,31+,32+/m0/s1. The molecule has 4 aliphatic heterocycles. The van der Waals surface area contributed by atoms with Gasteiger partial charge in [-0.15, -0.1) is 0 Å². The van der Waals surface area contributed by atoms with Crippen LogP contribution >= 0.6 is 0 Å². The lowest BCUT2D eigenvalue weighted by atomic mass is 9.71. The summed E-state index contributed by atoms with van der Waals surface area (Å²) in [6.45, 7) is 9.85. The van der Waals surface area contributed by atoms with Gasteiger partial charge in [-0.05, 0) is 63.5 Å². The Kier molecular flexibility index (Phi) is 8.40. The lowest BCUT2D eigenvalue weighted by Crippen LogP contribution is -2.59. The summed E-state index contributed by atoms with van der Waals surface area (Å²) in [6, 6.07) is 0. The summed E-state index contributed by atoms with van der Waals surface area (Å²) in [5.74, 6) is -2.36. The van der Waals surface area contributed by atoms with Crippen molar-refractivity contribution >= 4 is 11.7 Å². The Morgan fingerprint density at radius 2 is 1.93 bits per heavy atom. The van der Waals surface area contributed by atoms with Crippen LogP contribution in [-0.4, -0.2) is 75.1 Å². The van der Waals surface area contributed by atoms with Crippen LogP contribution in [0.1, 0.15) is 79.6 Å². The third-order valence-electron chi connectivity index (χ3n) is 9.50. The largest absolute Gasteiger partial charge is 0.462 e. The first-order chi connectivity index (χ1) is 19.4. The van der Waals surface area contributed by atoms with Gasteiger partial charge in [0.1, 0.15) is 29.4 Å². The van der Waals surface area contributed by atoms with E-state index in [1.807, 2.05) is 13.0 Å². The summed E-state index contributed by atoms with van der Waals surface area (Å²) >= 11 is 0. The number of esters is 1. The second-order valence-corrected chi connectivity index (χ2v) is 12.9. The molecular formula is C32H45NO8. The topological polar surface area (TPSA) is 127 Å². The van der Waals surface area contributed by atoms with Crippen LogP contribution in [-0.2, 0) is 23.7 Å². The predicted molar refractivity (Wildman–Crippen MR) is 152 cm³/mol. The van der Waals surface area contributed by atoms with Crippen LogP contribution in [0.15, 0.2) is 52.3 Å². The van der Waals surface area contributed by atoms with Gasteiger partial charge in [0.25, 0.3) is 0 Å². The fraction of sp³-hybridized carbons (Fsp3) is 0.688. The van der Waals surface area contributed by atoms with E-state index >= 15 is 0 Å². The molecule has 41 heavy (non-hydrogen) atoms. The molecule has 4 heterocycles. The van der Waals surface area contributed by atoms with Gasteiger partial charge in [0, 0.05) is 19.3 Å². The van der Waals surface area contributed by atoms with Crippen LogP contribution < -0.4 is 0 Å². The van der Waals surface area contributed by atoms with Gasteiger partial charge in [0.05, 0.1) is 24.4 Å². The molecule has 9 heteroatoms. The lowest BCUT2D eigenvalue weighted by molar-refractivity contribution is -0.353. The third-order valence-corrected chi connectivity index (χ3v) is 9.50. The first-order valence-electron chi connectivity index (χ1n) is 15.0. The zero-order chi connectivity index (χ0) is 29.6. The molecule has 2 bridgehead atoms. The van der Waals surface area contributed by atoms with Crippen molar-refractivity contribution in [2.75, 3.05) is 6.61 Å². The maximum atomic E-state index is 13.9. The van der Waals surface area contributed by atoms with Gasteiger partial charge in [0.15, 0.2) is 5.79 Å². The second kappa shape index (κ2) is 11.4. The molecule has 9 atom stereocenters. The maximum Gasteiger partial charge on any atom is 0.316 e. The smallest absolute Gasteiger partial charge is 0.316 e. The summed E-state index contributed by atoms with van der Waals surface area (Å²) in [7, 11) is 0. The molecule has 0 unspecified atom stereocenters. The fourth-order valence-electron chi connectivity index (χ4n) is 7.22. The number of carbonyl (C=O) groups is 1. The summed E-state index contributed by atoms with van der Waals surface area (Å²) < 4.78 is 25.3. The highest BCUT2D eigenvalue weighted by Crippen LogP contribution is 2.47. The predicted octanol–water partition coefficient (Wildman–Crippen LogP) is 4.51. The minimum Gasteiger partial charge on any atom is -0.462 e. The molecule has 0 aromatic carbocycles. The van der Waals surface area contributed by atoms with Crippen molar-refractivity contribution < 1.29 is 39.2 Å². The van der Waals surface area contributed by atoms with Gasteiger partial charge in [0.2, 0.25) is 0 Å². The van der Waals surface area contributed by atoms with E-state index < -0.39 is 47.2 Å².